The molecule has 1 heterocycles. The zero-order chi connectivity index (χ0) is 21.6. The Morgan fingerprint density at radius 3 is 2.33 bits per heavy atom. The number of hydrogen-bond acceptors (Lipinski definition) is 5. The van der Waals surface area contributed by atoms with Crippen molar-refractivity contribution >= 4 is 21.6 Å². The number of hydrogen-bond donors (Lipinski definition) is 1. The van der Waals surface area contributed by atoms with E-state index >= 15 is 0 Å². The molecule has 0 atom stereocenters. The average molecular weight is 433 g/mol. The smallest absolute Gasteiger partial charge is 0.262 e. The van der Waals surface area contributed by atoms with Crippen LogP contribution in [-0.2, 0) is 10.0 Å². The third kappa shape index (κ3) is 5.05. The van der Waals surface area contributed by atoms with Crippen molar-refractivity contribution in [2.75, 3.05) is 31.0 Å². The molecule has 2 aromatic carbocycles. The van der Waals surface area contributed by atoms with E-state index < -0.39 is 10.0 Å². The van der Waals surface area contributed by atoms with E-state index in [1.165, 1.54) is 12.1 Å². The lowest BCUT2D eigenvalue weighted by Gasteiger charge is -2.27. The van der Waals surface area contributed by atoms with E-state index in [-0.39, 0.29) is 16.5 Å². The molecule has 0 aromatic heterocycles. The highest BCUT2D eigenvalue weighted by Crippen LogP contribution is 2.31. The number of anilines is 1. The molecule has 0 bridgehead atoms. The predicted octanol–water partition coefficient (Wildman–Crippen LogP) is 3.91. The van der Waals surface area contributed by atoms with Gasteiger partial charge >= 0.3 is 0 Å². The average Bonchev–Trinajstić information content (AvgIpc) is 2.75. The van der Waals surface area contributed by atoms with Crippen LogP contribution in [-0.4, -0.2) is 45.5 Å². The Hall–Kier alpha value is -2.74. The fourth-order valence-corrected chi connectivity index (χ4v) is 4.52. The van der Waals surface area contributed by atoms with Crippen LogP contribution in [0.15, 0.2) is 47.4 Å². The Bertz CT molecular complexity index is 985. The number of amides is 1. The fraction of sp³-hybridized carbons (Fsp3) is 0.409. The summed E-state index contributed by atoms with van der Waals surface area (Å²) in [5, 5.41) is 0. The number of sulfonamides is 1. The summed E-state index contributed by atoms with van der Waals surface area (Å²) in [5.74, 6) is 0.688. The molecule has 3 rings (SSSR count). The lowest BCUT2D eigenvalue weighted by molar-refractivity contribution is 0.0725. The summed E-state index contributed by atoms with van der Waals surface area (Å²) in [4.78, 5) is 14.8. The number of piperidine rings is 1. The van der Waals surface area contributed by atoms with Crippen molar-refractivity contribution in [2.45, 2.75) is 38.0 Å². The van der Waals surface area contributed by atoms with Crippen molar-refractivity contribution in [3.63, 3.8) is 0 Å². The van der Waals surface area contributed by atoms with Crippen LogP contribution in [0.3, 0.4) is 0 Å². The summed E-state index contributed by atoms with van der Waals surface area (Å²) >= 11 is 0. The highest BCUT2D eigenvalue weighted by Gasteiger charge is 2.24. The van der Waals surface area contributed by atoms with E-state index in [2.05, 4.69) is 4.72 Å². The number of carbonyl (C=O) groups excluding carboxylic acids is 1. The van der Waals surface area contributed by atoms with Gasteiger partial charge in [-0.15, -0.1) is 0 Å². The van der Waals surface area contributed by atoms with Crippen LogP contribution < -0.4 is 14.2 Å². The Morgan fingerprint density at radius 2 is 1.63 bits per heavy atom. The second-order valence-corrected chi connectivity index (χ2v) is 8.66. The van der Waals surface area contributed by atoms with E-state index in [4.69, 9.17) is 9.47 Å². The molecule has 162 valence electrons. The molecule has 1 fully saturated rings. The molecular weight excluding hydrogens is 404 g/mol. The lowest BCUT2D eigenvalue weighted by Crippen LogP contribution is -2.36. The summed E-state index contributed by atoms with van der Waals surface area (Å²) in [6.07, 6.45) is 3.04. The number of ether oxygens (including phenoxy) is 2. The minimum absolute atomic E-state index is 0.0367. The van der Waals surface area contributed by atoms with Crippen LogP contribution in [0.2, 0.25) is 0 Å². The molecule has 0 unspecified atom stereocenters. The molecule has 7 nitrogen and oxygen atoms in total. The maximum absolute atomic E-state index is 13.0. The van der Waals surface area contributed by atoms with Crippen LogP contribution in [0, 0.1) is 0 Å². The second kappa shape index (κ2) is 9.84. The number of likely N-dealkylation sites (tertiary alicyclic amines) is 1. The summed E-state index contributed by atoms with van der Waals surface area (Å²) in [6, 6.07) is 11.2. The minimum Gasteiger partial charge on any atom is -0.490 e. The summed E-state index contributed by atoms with van der Waals surface area (Å²) in [6.45, 7) is 5.86. The molecule has 1 amide bonds. The van der Waals surface area contributed by atoms with Gasteiger partial charge in [-0.2, -0.15) is 0 Å². The zero-order valence-corrected chi connectivity index (χ0v) is 18.2. The van der Waals surface area contributed by atoms with Gasteiger partial charge in [0.1, 0.15) is 0 Å². The summed E-state index contributed by atoms with van der Waals surface area (Å²) in [5.41, 5.74) is 0.610. The van der Waals surface area contributed by atoms with Gasteiger partial charge < -0.3 is 14.4 Å². The number of carbonyl (C=O) groups is 1. The third-order valence-corrected chi connectivity index (χ3v) is 6.23. The standard InChI is InChI=1S/C22H28N2O5S/c1-3-28-20-13-12-17(16-21(20)29-4-2)30(26,27)23-19-11-7-6-10-18(19)22(25)24-14-8-5-9-15-24/h6-7,10-13,16,23H,3-5,8-9,14-15H2,1-2H3. The Kier molecular flexibility index (Phi) is 7.20. The van der Waals surface area contributed by atoms with Crippen molar-refractivity contribution in [1.29, 1.82) is 0 Å². The molecule has 8 heteroatoms. The van der Waals surface area contributed by atoms with Crippen molar-refractivity contribution in [1.82, 2.24) is 4.90 Å². The van der Waals surface area contributed by atoms with Gasteiger partial charge in [0.2, 0.25) is 0 Å². The van der Waals surface area contributed by atoms with E-state index in [1.807, 2.05) is 13.8 Å². The molecule has 30 heavy (non-hydrogen) atoms. The minimum atomic E-state index is -3.93. The Morgan fingerprint density at radius 1 is 0.967 bits per heavy atom. The molecule has 0 radical (unpaired) electrons. The number of nitrogens with zero attached hydrogens (tertiary/aromatic N) is 1. The summed E-state index contributed by atoms with van der Waals surface area (Å²) < 4.78 is 39.7. The first-order valence-corrected chi connectivity index (χ1v) is 11.8. The molecule has 2 aromatic rings. The van der Waals surface area contributed by atoms with Crippen molar-refractivity contribution in [3.05, 3.63) is 48.0 Å². The van der Waals surface area contributed by atoms with Crippen LogP contribution in [0.25, 0.3) is 0 Å². The first-order chi connectivity index (χ1) is 14.5. The predicted molar refractivity (Wildman–Crippen MR) is 116 cm³/mol. The van der Waals surface area contributed by atoms with Crippen LogP contribution in [0.4, 0.5) is 5.69 Å². The largest absolute Gasteiger partial charge is 0.490 e. The number of rotatable bonds is 8. The molecule has 0 spiro atoms. The molecular formula is C22H28N2O5S. The first-order valence-electron chi connectivity index (χ1n) is 10.3. The topological polar surface area (TPSA) is 84.9 Å². The number of nitrogens with one attached hydrogen (secondary N) is 1. The van der Waals surface area contributed by atoms with E-state index in [0.717, 1.165) is 19.3 Å². The van der Waals surface area contributed by atoms with Gasteiger partial charge in [0.15, 0.2) is 11.5 Å². The zero-order valence-electron chi connectivity index (χ0n) is 17.4. The van der Waals surface area contributed by atoms with Crippen LogP contribution >= 0.6 is 0 Å². The first kappa shape index (κ1) is 22.0. The van der Waals surface area contributed by atoms with Gasteiger partial charge in [-0.05, 0) is 57.4 Å². The van der Waals surface area contributed by atoms with Crippen LogP contribution in [0.1, 0.15) is 43.5 Å². The fourth-order valence-electron chi connectivity index (χ4n) is 3.43. The number of para-hydroxylation sites is 1. The van der Waals surface area contributed by atoms with Gasteiger partial charge in [-0.1, -0.05) is 12.1 Å². The highest BCUT2D eigenvalue weighted by atomic mass is 32.2. The second-order valence-electron chi connectivity index (χ2n) is 6.98. The van der Waals surface area contributed by atoms with Crippen molar-refractivity contribution < 1.29 is 22.7 Å². The Labute approximate surface area is 178 Å². The molecule has 0 saturated carbocycles. The number of benzene rings is 2. The molecule has 1 aliphatic rings. The Balaban J connectivity index is 1.89. The SMILES string of the molecule is CCOc1ccc(S(=O)(=O)Nc2ccccc2C(=O)N2CCCCC2)cc1OCC. The van der Waals surface area contributed by atoms with Crippen molar-refractivity contribution in [2.24, 2.45) is 0 Å². The molecule has 1 saturated heterocycles. The maximum atomic E-state index is 13.0. The molecule has 1 N–H and O–H groups in total. The van der Waals surface area contributed by atoms with Gasteiger partial charge in [-0.25, -0.2) is 8.42 Å². The van der Waals surface area contributed by atoms with Gasteiger partial charge in [0.05, 0.1) is 29.4 Å². The summed E-state index contributed by atoms with van der Waals surface area (Å²) in [7, 11) is -3.93. The normalized spacial score (nSPS) is 14.3. The van der Waals surface area contributed by atoms with Gasteiger partial charge in [0.25, 0.3) is 15.9 Å². The maximum Gasteiger partial charge on any atom is 0.262 e. The molecule has 0 aliphatic carbocycles. The lowest BCUT2D eigenvalue weighted by atomic mass is 10.1. The highest BCUT2D eigenvalue weighted by molar-refractivity contribution is 7.92. The van der Waals surface area contributed by atoms with E-state index in [0.29, 0.717) is 43.4 Å². The van der Waals surface area contributed by atoms with E-state index in [9.17, 15) is 13.2 Å². The van der Waals surface area contributed by atoms with Crippen LogP contribution in [0.5, 0.6) is 11.5 Å². The van der Waals surface area contributed by atoms with E-state index in [1.54, 1.807) is 35.2 Å². The van der Waals surface area contributed by atoms with Crippen molar-refractivity contribution in [3.8, 4) is 11.5 Å². The third-order valence-electron chi connectivity index (χ3n) is 4.87. The van der Waals surface area contributed by atoms with Gasteiger partial charge in [0, 0.05) is 19.2 Å². The quantitative estimate of drug-likeness (QED) is 0.684. The molecule has 1 aliphatic heterocycles. The van der Waals surface area contributed by atoms with Gasteiger partial charge in [-0.3, -0.25) is 9.52 Å². The monoisotopic (exact) mass is 432 g/mol.